The Labute approximate surface area is 487 Å². The number of nitrogens with two attached hydrogens (primary N) is 1. The summed E-state index contributed by atoms with van der Waals surface area (Å²) in [6.07, 6.45) is 6.59. The lowest BCUT2D eigenvalue weighted by molar-refractivity contribution is -0.143. The van der Waals surface area contributed by atoms with Crippen LogP contribution in [0.25, 0.3) is 15.3 Å². The molecule has 0 bridgehead atoms. The van der Waals surface area contributed by atoms with Gasteiger partial charge in [-0.3, -0.25) is 28.8 Å². The number of thiol groups is 1. The molecule has 4 aliphatic rings. The van der Waals surface area contributed by atoms with Crippen LogP contribution in [0.3, 0.4) is 0 Å². The predicted octanol–water partition coefficient (Wildman–Crippen LogP) is 10.2. The van der Waals surface area contributed by atoms with Gasteiger partial charge in [0, 0.05) is 59.1 Å². The van der Waals surface area contributed by atoms with Gasteiger partial charge < -0.3 is 36.4 Å². The van der Waals surface area contributed by atoms with E-state index in [1.807, 2.05) is 132 Å². The molecule has 2 saturated heterocycles. The Morgan fingerprint density at radius 1 is 0.823 bits per heavy atom. The Morgan fingerprint density at radius 2 is 1.35 bits per heavy atom. The zero-order chi connectivity index (χ0) is 57.9. The van der Waals surface area contributed by atoms with E-state index in [1.54, 1.807) is 44.7 Å². The molecule has 5 N–H and O–H groups in total. The van der Waals surface area contributed by atoms with Gasteiger partial charge in [0.05, 0.1) is 16.1 Å². The van der Waals surface area contributed by atoms with Crippen molar-refractivity contribution in [1.29, 1.82) is 0 Å². The van der Waals surface area contributed by atoms with E-state index < -0.39 is 28.9 Å². The Morgan fingerprint density at radius 3 is 1.82 bits per heavy atom. The van der Waals surface area contributed by atoms with Crippen LogP contribution >= 0.6 is 47.5 Å². The van der Waals surface area contributed by atoms with Gasteiger partial charge in [-0.05, 0) is 123 Å². The molecular weight excluding hydrogens is 1070 g/mol. The number of fused-ring (bicyclic) bond motifs is 1. The van der Waals surface area contributed by atoms with E-state index in [1.165, 1.54) is 0 Å². The number of rotatable bonds is 18. The second-order valence-corrected chi connectivity index (χ2v) is 27.8. The smallest absolute Gasteiger partial charge is 0.255 e. The molecule has 1 aliphatic carbocycles. The first kappa shape index (κ1) is 62.9. The molecule has 3 fully saturated rings. The zero-order valence-electron chi connectivity index (χ0n) is 48.3. The van der Waals surface area contributed by atoms with Crippen LogP contribution in [0.2, 0.25) is 0 Å². The number of thiazole rings is 1. The van der Waals surface area contributed by atoms with Crippen LogP contribution in [0.1, 0.15) is 146 Å². The van der Waals surface area contributed by atoms with E-state index >= 15 is 0 Å². The van der Waals surface area contributed by atoms with Gasteiger partial charge in [-0.1, -0.05) is 115 Å². The monoisotopic (exact) mass is 1150 g/mol. The molecule has 1 aromatic heterocycles. The van der Waals surface area contributed by atoms with E-state index in [0.29, 0.717) is 56.8 Å². The zero-order valence-corrected chi connectivity index (χ0v) is 51.7. The number of hydrogen-bond acceptors (Lipinski definition) is 12. The number of thioether (sulfide) groups is 2. The molecule has 3 aliphatic heterocycles. The van der Waals surface area contributed by atoms with Crippen molar-refractivity contribution >= 4 is 87.8 Å². The number of nitrogens with zero attached hydrogens (tertiary/aromatic N) is 4. The molecule has 4 heterocycles. The molecule has 6 amide bonds. The summed E-state index contributed by atoms with van der Waals surface area (Å²) < 4.78 is -0.559. The first-order valence-electron chi connectivity index (χ1n) is 27.7. The number of aryl methyl sites for hydroxylation is 1. The summed E-state index contributed by atoms with van der Waals surface area (Å²) >= 11 is 9.63. The molecule has 14 nitrogen and oxygen atoms in total. The van der Waals surface area contributed by atoms with Crippen LogP contribution in [0.15, 0.2) is 84.0 Å². The van der Waals surface area contributed by atoms with Crippen molar-refractivity contribution in [3.8, 4) is 10.4 Å². The van der Waals surface area contributed by atoms with Crippen LogP contribution < -0.4 is 21.7 Å². The molecule has 428 valence electrons. The number of carbonyl (C=O) groups excluding carboxylic acids is 6. The normalized spacial score (nSPS) is 18.5. The molecule has 18 heteroatoms. The van der Waals surface area contributed by atoms with Crippen molar-refractivity contribution < 1.29 is 28.8 Å². The fraction of sp³-hybridized carbons (Fsp3) is 0.525. The lowest BCUT2D eigenvalue weighted by Gasteiger charge is -2.42. The molecule has 3 aromatic carbocycles. The Kier molecular flexibility index (Phi) is 22.2. The highest BCUT2D eigenvalue weighted by Crippen LogP contribution is 2.45. The van der Waals surface area contributed by atoms with Gasteiger partial charge >= 0.3 is 0 Å². The van der Waals surface area contributed by atoms with Crippen LogP contribution in [0.5, 0.6) is 0 Å². The third-order valence-electron chi connectivity index (χ3n) is 15.0. The lowest BCUT2D eigenvalue weighted by atomic mass is 9.99. The molecule has 4 atom stereocenters. The maximum absolute atomic E-state index is 14.3. The van der Waals surface area contributed by atoms with Crippen molar-refractivity contribution in [2.24, 2.45) is 17.1 Å². The first-order chi connectivity index (χ1) is 37.4. The third kappa shape index (κ3) is 16.2. The van der Waals surface area contributed by atoms with Crippen LogP contribution in [0, 0.1) is 18.3 Å². The maximum atomic E-state index is 14.3. The Balaban J connectivity index is 0.000000237. The second kappa shape index (κ2) is 27.9. The number of aromatic nitrogens is 1. The van der Waals surface area contributed by atoms with Gasteiger partial charge in [-0.15, -0.1) is 24.0 Å². The van der Waals surface area contributed by atoms with Crippen molar-refractivity contribution in [3.63, 3.8) is 0 Å². The highest BCUT2D eigenvalue weighted by atomic mass is 32.2. The van der Waals surface area contributed by atoms with E-state index in [2.05, 4.69) is 67.5 Å². The number of allylic oxidation sites excluding steroid dienone is 1. The van der Waals surface area contributed by atoms with Gasteiger partial charge in [-0.2, -0.15) is 23.5 Å². The maximum Gasteiger partial charge on any atom is 0.255 e. The summed E-state index contributed by atoms with van der Waals surface area (Å²) in [4.78, 5) is 91.4. The van der Waals surface area contributed by atoms with Gasteiger partial charge in [0.1, 0.15) is 24.2 Å². The fourth-order valence-corrected chi connectivity index (χ4v) is 12.7. The minimum absolute atomic E-state index is 0.0520. The molecule has 4 aromatic rings. The molecule has 79 heavy (non-hydrogen) atoms. The molecule has 8 rings (SSSR count). The Hall–Kier alpha value is -5.30. The van der Waals surface area contributed by atoms with Crippen molar-refractivity contribution in [3.05, 3.63) is 118 Å². The topological polar surface area (TPSA) is 187 Å². The largest absolute Gasteiger partial charge is 0.401 e. The number of benzene rings is 3. The van der Waals surface area contributed by atoms with E-state index in [0.717, 1.165) is 74.2 Å². The highest BCUT2D eigenvalue weighted by Gasteiger charge is 2.50. The SMILES string of the molecule is C/C(N)=C(/S)c1ccc(CNC(=O)C2CCCN2C(=O)C(N2Cc3ccccc3C2=O)C(C)(C)SC(C)C)cc1.CSC(C)C.Cc1ncsc1-c1ccc(CNC(=O)C2CCCN2C(=O)C(NC(=O)C2(C)CC2)C(C)C)cc1. The minimum atomic E-state index is -0.699. The molecule has 0 radical (unpaired) electrons. The summed E-state index contributed by atoms with van der Waals surface area (Å²) in [7, 11) is 0. The lowest BCUT2D eigenvalue weighted by Crippen LogP contribution is -2.60. The van der Waals surface area contributed by atoms with Crippen molar-refractivity contribution in [1.82, 2.24) is 35.6 Å². The fourth-order valence-electron chi connectivity index (χ4n) is 10.1. The first-order valence-corrected chi connectivity index (χ1v) is 31.2. The molecular formula is C61H84N8O6S4. The molecule has 4 unspecified atom stereocenters. The second-order valence-electron chi connectivity index (χ2n) is 22.8. The minimum Gasteiger partial charge on any atom is -0.401 e. The summed E-state index contributed by atoms with van der Waals surface area (Å²) in [6, 6.07) is 21.0. The van der Waals surface area contributed by atoms with Crippen LogP contribution in [-0.4, -0.2) is 114 Å². The van der Waals surface area contributed by atoms with E-state index in [4.69, 9.17) is 5.73 Å². The molecule has 0 spiro atoms. The summed E-state index contributed by atoms with van der Waals surface area (Å²) in [5.74, 6) is -0.872. The summed E-state index contributed by atoms with van der Waals surface area (Å²) in [5.41, 5.74) is 14.5. The number of carbonyl (C=O) groups is 6. The standard InChI is InChI=1S/C31H40N4O3S2.C26H34N4O3S.C4H10S/c1-19(2)40-31(4,5)27(35-18-23-9-6-7-10-24(23)29(35)37)30(38)34-16-8-11-25(34)28(36)33-17-21-12-14-22(15-13-21)26(39)20(3)32;1-16(2)21(29-25(33)26(4)11-12-26)24(32)30-13-5-6-20(30)23(31)27-14-18-7-9-19(10-8-18)22-17(3)28-15-34-22;1-4(2)5-3/h6-7,9-10,12-15,19,25,27,39H,8,11,16-18,32H2,1-5H3,(H,33,36);7-10,15-16,20-21H,5-6,11-14H2,1-4H3,(H,27,31)(H,29,33);4H,1-3H3/b26-20-;;. The summed E-state index contributed by atoms with van der Waals surface area (Å²) in [5, 5.41) is 10.1. The van der Waals surface area contributed by atoms with Gasteiger partial charge in [0.15, 0.2) is 0 Å². The molecule has 1 saturated carbocycles. The van der Waals surface area contributed by atoms with Gasteiger partial charge in [0.25, 0.3) is 5.91 Å². The number of amides is 6. The quantitative estimate of drug-likeness (QED) is 0.0600. The summed E-state index contributed by atoms with van der Waals surface area (Å²) in [6.45, 7) is 24.4. The Bertz CT molecular complexity index is 2810. The average molecular weight is 1150 g/mol. The average Bonchev–Trinajstić information content (AvgIpc) is 4.18. The predicted molar refractivity (Wildman–Crippen MR) is 327 cm³/mol. The number of nitrogens with one attached hydrogen (secondary N) is 3. The van der Waals surface area contributed by atoms with E-state index in [9.17, 15) is 28.8 Å². The van der Waals surface area contributed by atoms with Crippen LogP contribution in [-0.2, 0) is 43.6 Å². The van der Waals surface area contributed by atoms with Crippen molar-refractivity contribution in [2.75, 3.05) is 19.3 Å². The van der Waals surface area contributed by atoms with Crippen molar-refractivity contribution in [2.45, 2.75) is 174 Å². The third-order valence-corrected chi connectivity index (χ3v) is 18.8. The number of hydrogen-bond donors (Lipinski definition) is 5. The van der Waals surface area contributed by atoms with Gasteiger partial charge in [0.2, 0.25) is 29.5 Å². The number of likely N-dealkylation sites (tertiary alicyclic amines) is 2. The highest BCUT2D eigenvalue weighted by molar-refractivity contribution is 8.01. The van der Waals surface area contributed by atoms with E-state index in [-0.39, 0.29) is 52.0 Å². The van der Waals surface area contributed by atoms with Gasteiger partial charge in [-0.25, -0.2) is 4.98 Å². The van der Waals surface area contributed by atoms with Crippen LogP contribution in [0.4, 0.5) is 0 Å².